The summed E-state index contributed by atoms with van der Waals surface area (Å²) in [5.74, 6) is 13.9. The summed E-state index contributed by atoms with van der Waals surface area (Å²) in [7, 11) is 0. The van der Waals surface area contributed by atoms with E-state index in [2.05, 4.69) is 246 Å². The molecule has 0 saturated carbocycles. The average Bonchev–Trinajstić information content (AvgIpc) is 3.92. The van der Waals surface area contributed by atoms with Gasteiger partial charge in [-0.3, -0.25) is 0 Å². The van der Waals surface area contributed by atoms with Crippen LogP contribution >= 0.6 is 0 Å². The van der Waals surface area contributed by atoms with Crippen molar-refractivity contribution >= 4 is 34.5 Å². The molecule has 6 aliphatic rings. The van der Waals surface area contributed by atoms with Crippen molar-refractivity contribution in [1.29, 1.82) is 0 Å². The molecule has 3 aromatic rings. The van der Waals surface area contributed by atoms with Crippen LogP contribution in [0.3, 0.4) is 0 Å². The third kappa shape index (κ3) is 13.3. The lowest BCUT2D eigenvalue weighted by Crippen LogP contribution is -2.35. The molecule has 3 unspecified atom stereocenters. The molecular formula is C70H78N4. The second-order valence-electron chi connectivity index (χ2n) is 20.3. The third-order valence-electron chi connectivity index (χ3n) is 15.1. The predicted octanol–water partition coefficient (Wildman–Crippen LogP) is 18.2. The first kappa shape index (κ1) is 51.7. The van der Waals surface area contributed by atoms with Crippen LogP contribution in [0.2, 0.25) is 0 Å². The molecule has 0 bridgehead atoms. The summed E-state index contributed by atoms with van der Waals surface area (Å²) in [5.41, 5.74) is 15.1. The second kappa shape index (κ2) is 26.7. The molecule has 0 amide bonds. The third-order valence-corrected chi connectivity index (χ3v) is 15.1. The summed E-state index contributed by atoms with van der Waals surface area (Å²) in [5, 5.41) is 0. The van der Waals surface area contributed by atoms with Gasteiger partial charge < -0.3 is 19.6 Å². The number of hydrogen-bond donors (Lipinski definition) is 0. The van der Waals surface area contributed by atoms with Crippen molar-refractivity contribution < 1.29 is 0 Å². The highest BCUT2D eigenvalue weighted by molar-refractivity contribution is 5.74. The summed E-state index contributed by atoms with van der Waals surface area (Å²) in [6.07, 6.45) is 62.2. The van der Waals surface area contributed by atoms with Crippen molar-refractivity contribution in [3.63, 3.8) is 0 Å². The van der Waals surface area contributed by atoms with E-state index in [9.17, 15) is 0 Å². The Bertz CT molecular complexity index is 2910. The lowest BCUT2D eigenvalue weighted by molar-refractivity contribution is 0.325. The zero-order chi connectivity index (χ0) is 50.7. The van der Waals surface area contributed by atoms with Gasteiger partial charge in [0.15, 0.2) is 0 Å². The minimum atomic E-state index is 0.163. The predicted molar refractivity (Wildman–Crippen MR) is 318 cm³/mol. The van der Waals surface area contributed by atoms with Crippen molar-refractivity contribution in [1.82, 2.24) is 4.90 Å². The average molecular weight is 975 g/mol. The van der Waals surface area contributed by atoms with Gasteiger partial charge in [-0.25, -0.2) is 0 Å². The first-order valence-electron chi connectivity index (χ1n) is 28.2. The Labute approximate surface area is 445 Å². The van der Waals surface area contributed by atoms with E-state index in [0.29, 0.717) is 0 Å². The molecule has 0 saturated heterocycles. The van der Waals surface area contributed by atoms with E-state index < -0.39 is 0 Å². The highest BCUT2D eigenvalue weighted by Gasteiger charge is 2.28. The number of nitrogens with zero attached hydrogens (tertiary/aromatic N) is 4. The summed E-state index contributed by atoms with van der Waals surface area (Å²) in [6.45, 7) is 7.50. The van der Waals surface area contributed by atoms with Crippen LogP contribution < -0.4 is 14.7 Å². The minimum absolute atomic E-state index is 0.163. The molecule has 0 spiro atoms. The van der Waals surface area contributed by atoms with Crippen LogP contribution in [0.1, 0.15) is 135 Å². The van der Waals surface area contributed by atoms with Gasteiger partial charge in [-0.05, 0) is 186 Å². The molecule has 3 aromatic carbocycles. The second-order valence-corrected chi connectivity index (χ2v) is 20.3. The number of anilines is 5. The Hall–Kier alpha value is -7.14. The van der Waals surface area contributed by atoms with E-state index >= 15 is 0 Å². The fourth-order valence-corrected chi connectivity index (χ4v) is 11.1. The van der Waals surface area contributed by atoms with Gasteiger partial charge in [0.2, 0.25) is 0 Å². The molecule has 0 aliphatic heterocycles. The number of allylic oxidation sites excluding steroid dienone is 17. The Morgan fingerprint density at radius 2 is 1.54 bits per heavy atom. The smallest absolute Gasteiger partial charge is 0.0579 e. The molecule has 74 heavy (non-hydrogen) atoms. The first-order valence-corrected chi connectivity index (χ1v) is 28.2. The summed E-state index contributed by atoms with van der Waals surface area (Å²) < 4.78 is 0. The maximum atomic E-state index is 3.67. The van der Waals surface area contributed by atoms with E-state index in [1.807, 2.05) is 0 Å². The topological polar surface area (TPSA) is 13.0 Å². The van der Waals surface area contributed by atoms with Crippen LogP contribution in [0.4, 0.5) is 28.4 Å². The number of rotatable bonds is 18. The van der Waals surface area contributed by atoms with Crippen molar-refractivity contribution in [2.45, 2.75) is 142 Å². The first-order chi connectivity index (χ1) is 36.6. The van der Waals surface area contributed by atoms with Gasteiger partial charge in [0.25, 0.3) is 0 Å². The van der Waals surface area contributed by atoms with Crippen molar-refractivity contribution in [2.75, 3.05) is 21.2 Å². The van der Waals surface area contributed by atoms with Crippen LogP contribution in [0.15, 0.2) is 204 Å². The normalized spacial score (nSPS) is 22.0. The molecule has 9 rings (SSSR count). The van der Waals surface area contributed by atoms with E-state index in [1.54, 1.807) is 0 Å². The molecule has 0 aromatic heterocycles. The number of benzene rings is 3. The Morgan fingerprint density at radius 1 is 0.730 bits per heavy atom. The molecule has 3 atom stereocenters. The highest BCUT2D eigenvalue weighted by atomic mass is 15.2. The van der Waals surface area contributed by atoms with Gasteiger partial charge in [0.1, 0.15) is 0 Å². The van der Waals surface area contributed by atoms with Gasteiger partial charge >= 0.3 is 0 Å². The lowest BCUT2D eigenvalue weighted by Gasteiger charge is -2.38. The van der Waals surface area contributed by atoms with Crippen LogP contribution in [-0.4, -0.2) is 23.5 Å². The van der Waals surface area contributed by atoms with E-state index in [-0.39, 0.29) is 18.0 Å². The Balaban J connectivity index is 1.16. The van der Waals surface area contributed by atoms with Crippen LogP contribution in [-0.2, 0) is 6.42 Å². The van der Waals surface area contributed by atoms with E-state index in [4.69, 9.17) is 0 Å². The van der Waals surface area contributed by atoms with Gasteiger partial charge in [-0.1, -0.05) is 147 Å². The minimum Gasteiger partial charge on any atom is -0.338 e. The maximum Gasteiger partial charge on any atom is 0.0579 e. The van der Waals surface area contributed by atoms with Crippen LogP contribution in [0.25, 0.3) is 6.08 Å². The molecule has 0 fully saturated rings. The maximum absolute atomic E-state index is 3.67. The van der Waals surface area contributed by atoms with Gasteiger partial charge in [0, 0.05) is 71.8 Å². The molecule has 0 heterocycles. The molecular weight excluding hydrogens is 897 g/mol. The lowest BCUT2D eigenvalue weighted by atomic mass is 9.93. The standard InChI is InChI=1S/C70H78N4/c1-4-7-9-12-26-51-71(67-42-41-58-30-24-25-32-59(58)53-67)61-43-45-62(46-44-61)72(63-47-49-66(50-48-63)73(64-35-19-10-11-20-36-64)68-39-23-13-16-28-56(6-3)52-68)55-70(34-8-5-2)74(65-37-21-15-22-38-65)69-40-27-33-57-29-17-14-18-31-60(57)54-69/h6,8,12,17,19,21,23-24,26,29-30,33-35,37,39-50,52-53,55,60,64-65H,4-5,7,9,13-16,20,22,25,27-28,32,36,38,51,54H2,1-3H3/b26-12-,34-8-,39-23-,56-6+,68-52+,70-55+. The van der Waals surface area contributed by atoms with Gasteiger partial charge in [-0.2, -0.15) is 0 Å². The number of aryl methyl sites for hydroxylation is 1. The molecule has 378 valence electrons. The number of fused-ring (bicyclic) bond motifs is 2. The number of hydrogen-bond acceptors (Lipinski definition) is 4. The largest absolute Gasteiger partial charge is 0.338 e. The van der Waals surface area contributed by atoms with Crippen LogP contribution in [0.5, 0.6) is 0 Å². The monoisotopic (exact) mass is 975 g/mol. The fourth-order valence-electron chi connectivity index (χ4n) is 11.1. The highest BCUT2D eigenvalue weighted by Crippen LogP contribution is 2.39. The molecule has 4 heteroatoms. The van der Waals surface area contributed by atoms with Gasteiger partial charge in [0.05, 0.1) is 23.7 Å². The Kier molecular flexibility index (Phi) is 18.7. The Morgan fingerprint density at radius 3 is 2.35 bits per heavy atom. The SMILES string of the molecule is C/C=C1/C=C(N(c2ccc(N(/C=C(\C=C/CC)N(C3=CCC=C4C=CCC#CC4C3)C3C=CCCC3)c3ccc(N(C/C=C\CCCC)c4ccc5c(c4)CCC=C5)cc3)cc2)C2C=CC#CCC2)\C=C/CCC1. The zero-order valence-electron chi connectivity index (χ0n) is 44.6. The fraction of sp³-hybridized carbons (Fsp3) is 0.343. The molecule has 6 aliphatic carbocycles. The van der Waals surface area contributed by atoms with E-state index in [0.717, 1.165) is 101 Å². The molecule has 0 radical (unpaired) electrons. The van der Waals surface area contributed by atoms with Crippen molar-refractivity contribution in [3.8, 4) is 23.7 Å². The summed E-state index contributed by atoms with van der Waals surface area (Å²) in [4.78, 5) is 10.1. The van der Waals surface area contributed by atoms with Crippen molar-refractivity contribution in [3.05, 3.63) is 216 Å². The zero-order valence-corrected chi connectivity index (χ0v) is 44.6. The van der Waals surface area contributed by atoms with Crippen molar-refractivity contribution in [2.24, 2.45) is 5.92 Å². The quantitative estimate of drug-likeness (QED) is 0.0545. The molecule has 4 nitrogen and oxygen atoms in total. The molecule has 0 N–H and O–H groups in total. The summed E-state index contributed by atoms with van der Waals surface area (Å²) >= 11 is 0. The van der Waals surface area contributed by atoms with Crippen LogP contribution in [0, 0.1) is 29.6 Å². The summed E-state index contributed by atoms with van der Waals surface area (Å²) in [6, 6.07) is 26.1. The van der Waals surface area contributed by atoms with E-state index in [1.165, 1.54) is 82.1 Å². The number of unbranched alkanes of at least 4 members (excludes halogenated alkanes) is 2. The van der Waals surface area contributed by atoms with Gasteiger partial charge in [-0.15, -0.1) is 0 Å².